The van der Waals surface area contributed by atoms with E-state index in [1.165, 1.54) is 5.56 Å². The molecule has 0 bridgehead atoms. The van der Waals surface area contributed by atoms with Gasteiger partial charge in [0, 0.05) is 25.1 Å². The van der Waals surface area contributed by atoms with Crippen molar-refractivity contribution in [2.75, 3.05) is 6.54 Å². The van der Waals surface area contributed by atoms with Gasteiger partial charge in [0.2, 0.25) is 0 Å². The Morgan fingerprint density at radius 3 is 2.72 bits per heavy atom. The normalized spacial score (nSPS) is 10.6. The molecule has 2 aromatic heterocycles. The number of pyridine rings is 1. The van der Waals surface area contributed by atoms with Crippen LogP contribution in [0.2, 0.25) is 0 Å². The number of carbonyl (C=O) groups excluding carboxylic acids is 1. The minimum absolute atomic E-state index is 0.114. The van der Waals surface area contributed by atoms with Crippen LogP contribution < -0.4 is 5.32 Å². The number of hydrogen-bond donors (Lipinski definition) is 1. The summed E-state index contributed by atoms with van der Waals surface area (Å²) in [6.07, 6.45) is 7.13. The standard InChI is InChI=1S/C20H22N4O/c1-3-9-21-20(25)19-13-17(15(2)14-22-19)12-16-5-7-18(8-6-16)24-11-4-10-23-24/h4-8,10-11,13-14H,3,9,12H2,1-2H3,(H,21,25). The Labute approximate surface area is 147 Å². The molecule has 25 heavy (non-hydrogen) atoms. The van der Waals surface area contributed by atoms with Crippen LogP contribution in [0.15, 0.2) is 55.0 Å². The number of aryl methyl sites for hydroxylation is 1. The molecule has 1 N–H and O–H groups in total. The van der Waals surface area contributed by atoms with Crippen molar-refractivity contribution >= 4 is 5.91 Å². The second-order valence-electron chi connectivity index (χ2n) is 6.05. The molecule has 3 aromatic rings. The van der Waals surface area contributed by atoms with Crippen molar-refractivity contribution in [3.63, 3.8) is 0 Å². The third-order valence-electron chi connectivity index (χ3n) is 4.08. The zero-order valence-corrected chi connectivity index (χ0v) is 14.6. The highest BCUT2D eigenvalue weighted by atomic mass is 16.1. The lowest BCUT2D eigenvalue weighted by Crippen LogP contribution is -2.25. The average molecular weight is 334 g/mol. The molecule has 1 aromatic carbocycles. The molecular weight excluding hydrogens is 312 g/mol. The molecule has 0 aliphatic carbocycles. The maximum Gasteiger partial charge on any atom is 0.269 e. The molecule has 0 atom stereocenters. The molecule has 0 aliphatic rings. The highest BCUT2D eigenvalue weighted by Crippen LogP contribution is 2.16. The van der Waals surface area contributed by atoms with Gasteiger partial charge in [0.15, 0.2) is 0 Å². The van der Waals surface area contributed by atoms with Gasteiger partial charge < -0.3 is 5.32 Å². The number of nitrogens with one attached hydrogen (secondary N) is 1. The largest absolute Gasteiger partial charge is 0.351 e. The van der Waals surface area contributed by atoms with Gasteiger partial charge in [0.1, 0.15) is 5.69 Å². The monoisotopic (exact) mass is 334 g/mol. The Bertz CT molecular complexity index is 839. The van der Waals surface area contributed by atoms with Gasteiger partial charge in [0.05, 0.1) is 5.69 Å². The molecule has 5 heteroatoms. The van der Waals surface area contributed by atoms with Gasteiger partial charge in [-0.05, 0) is 60.7 Å². The molecule has 0 saturated heterocycles. The van der Waals surface area contributed by atoms with E-state index in [1.807, 2.05) is 49.0 Å². The van der Waals surface area contributed by atoms with E-state index in [0.29, 0.717) is 12.2 Å². The topological polar surface area (TPSA) is 59.8 Å². The van der Waals surface area contributed by atoms with E-state index in [0.717, 1.165) is 29.7 Å². The third-order valence-corrected chi connectivity index (χ3v) is 4.08. The zero-order valence-electron chi connectivity index (χ0n) is 14.6. The Balaban J connectivity index is 1.76. The van der Waals surface area contributed by atoms with Crippen LogP contribution in [0.1, 0.15) is 40.5 Å². The Morgan fingerprint density at radius 2 is 2.04 bits per heavy atom. The Hall–Kier alpha value is -2.95. The van der Waals surface area contributed by atoms with Gasteiger partial charge in [0.25, 0.3) is 5.91 Å². The second-order valence-corrected chi connectivity index (χ2v) is 6.05. The molecular formula is C20H22N4O. The van der Waals surface area contributed by atoms with Crippen molar-refractivity contribution in [2.24, 2.45) is 0 Å². The average Bonchev–Trinajstić information content (AvgIpc) is 3.17. The van der Waals surface area contributed by atoms with E-state index in [1.54, 1.807) is 12.4 Å². The van der Waals surface area contributed by atoms with Crippen LogP contribution >= 0.6 is 0 Å². The van der Waals surface area contributed by atoms with Gasteiger partial charge in [-0.3, -0.25) is 9.78 Å². The van der Waals surface area contributed by atoms with Crippen molar-refractivity contribution in [3.05, 3.63) is 77.4 Å². The van der Waals surface area contributed by atoms with Gasteiger partial charge in [-0.25, -0.2) is 4.68 Å². The predicted octanol–water partition coefficient (Wildman–Crippen LogP) is 3.31. The van der Waals surface area contributed by atoms with Crippen LogP contribution in [0.4, 0.5) is 0 Å². The SMILES string of the molecule is CCCNC(=O)c1cc(Cc2ccc(-n3cccn3)cc2)c(C)cn1. The molecule has 3 rings (SSSR count). The van der Waals surface area contributed by atoms with Crippen LogP contribution in [0.3, 0.4) is 0 Å². The minimum atomic E-state index is -0.114. The highest BCUT2D eigenvalue weighted by molar-refractivity contribution is 5.92. The quantitative estimate of drug-likeness (QED) is 0.752. The number of carbonyl (C=O) groups is 1. The number of hydrogen-bond acceptors (Lipinski definition) is 3. The number of aromatic nitrogens is 3. The van der Waals surface area contributed by atoms with Crippen LogP contribution in [0.5, 0.6) is 0 Å². The number of rotatable bonds is 6. The van der Waals surface area contributed by atoms with E-state index in [2.05, 4.69) is 27.5 Å². The maximum absolute atomic E-state index is 12.1. The fraction of sp³-hybridized carbons (Fsp3) is 0.250. The Morgan fingerprint density at radius 1 is 1.24 bits per heavy atom. The van der Waals surface area contributed by atoms with Gasteiger partial charge >= 0.3 is 0 Å². The summed E-state index contributed by atoms with van der Waals surface area (Å²) in [7, 11) is 0. The number of nitrogens with zero attached hydrogens (tertiary/aromatic N) is 3. The molecule has 0 fully saturated rings. The predicted molar refractivity (Wildman–Crippen MR) is 98.0 cm³/mol. The summed E-state index contributed by atoms with van der Waals surface area (Å²) in [5.74, 6) is -0.114. The van der Waals surface area contributed by atoms with Crippen molar-refractivity contribution in [1.82, 2.24) is 20.1 Å². The molecule has 0 spiro atoms. The lowest BCUT2D eigenvalue weighted by Gasteiger charge is -2.09. The van der Waals surface area contributed by atoms with Crippen molar-refractivity contribution in [1.29, 1.82) is 0 Å². The lowest BCUT2D eigenvalue weighted by atomic mass is 10.0. The summed E-state index contributed by atoms with van der Waals surface area (Å²) >= 11 is 0. The first-order valence-corrected chi connectivity index (χ1v) is 8.50. The molecule has 0 radical (unpaired) electrons. The van der Waals surface area contributed by atoms with E-state index in [9.17, 15) is 4.79 Å². The molecule has 0 aliphatic heterocycles. The van der Waals surface area contributed by atoms with Gasteiger partial charge in [-0.15, -0.1) is 0 Å². The van der Waals surface area contributed by atoms with Crippen molar-refractivity contribution < 1.29 is 4.79 Å². The number of benzene rings is 1. The van der Waals surface area contributed by atoms with Crippen molar-refractivity contribution in [2.45, 2.75) is 26.7 Å². The lowest BCUT2D eigenvalue weighted by molar-refractivity contribution is 0.0948. The second kappa shape index (κ2) is 7.75. The first-order chi connectivity index (χ1) is 12.2. The van der Waals surface area contributed by atoms with E-state index >= 15 is 0 Å². The van der Waals surface area contributed by atoms with Gasteiger partial charge in [-0.1, -0.05) is 19.1 Å². The van der Waals surface area contributed by atoms with Crippen LogP contribution in [-0.2, 0) is 6.42 Å². The maximum atomic E-state index is 12.1. The van der Waals surface area contributed by atoms with Crippen LogP contribution in [0.25, 0.3) is 5.69 Å². The first kappa shape index (κ1) is 16.9. The third kappa shape index (κ3) is 4.12. The number of amides is 1. The summed E-state index contributed by atoms with van der Waals surface area (Å²) in [6, 6.07) is 12.1. The minimum Gasteiger partial charge on any atom is -0.351 e. The molecule has 0 saturated carbocycles. The van der Waals surface area contributed by atoms with Crippen molar-refractivity contribution in [3.8, 4) is 5.69 Å². The fourth-order valence-corrected chi connectivity index (χ4v) is 2.62. The van der Waals surface area contributed by atoms with Crippen LogP contribution in [0, 0.1) is 6.92 Å². The van der Waals surface area contributed by atoms with E-state index in [4.69, 9.17) is 0 Å². The summed E-state index contributed by atoms with van der Waals surface area (Å²) < 4.78 is 1.83. The summed E-state index contributed by atoms with van der Waals surface area (Å²) in [5, 5.41) is 7.10. The molecule has 5 nitrogen and oxygen atoms in total. The van der Waals surface area contributed by atoms with E-state index < -0.39 is 0 Å². The van der Waals surface area contributed by atoms with Crippen LogP contribution in [-0.4, -0.2) is 27.2 Å². The molecule has 128 valence electrons. The first-order valence-electron chi connectivity index (χ1n) is 8.50. The molecule has 2 heterocycles. The summed E-state index contributed by atoms with van der Waals surface area (Å²) in [5.41, 5.74) is 4.89. The van der Waals surface area contributed by atoms with Gasteiger partial charge in [-0.2, -0.15) is 5.10 Å². The fourth-order valence-electron chi connectivity index (χ4n) is 2.62. The molecule has 1 amide bonds. The zero-order chi connectivity index (χ0) is 17.6. The Kier molecular flexibility index (Phi) is 5.23. The smallest absolute Gasteiger partial charge is 0.269 e. The molecule has 0 unspecified atom stereocenters. The summed E-state index contributed by atoms with van der Waals surface area (Å²) in [6.45, 7) is 4.72. The van der Waals surface area contributed by atoms with E-state index in [-0.39, 0.29) is 5.91 Å². The summed E-state index contributed by atoms with van der Waals surface area (Å²) in [4.78, 5) is 16.4. The highest BCUT2D eigenvalue weighted by Gasteiger charge is 2.10.